The van der Waals surface area contributed by atoms with Gasteiger partial charge in [-0.2, -0.15) is 5.10 Å². The van der Waals surface area contributed by atoms with Crippen LogP contribution >= 0.6 is 15.9 Å². The third-order valence-corrected chi connectivity index (χ3v) is 3.92. The molecule has 5 nitrogen and oxygen atoms in total. The number of hydrazone groups is 1. The Balaban J connectivity index is 1.93. The summed E-state index contributed by atoms with van der Waals surface area (Å²) in [4.78, 5) is 12.2. The molecule has 0 fully saturated rings. The molecule has 2 N–H and O–H groups in total. The second-order valence-corrected chi connectivity index (χ2v) is 6.04. The number of carbonyl (C=O) groups is 1. The number of hydrogen-bond acceptors (Lipinski definition) is 4. The van der Waals surface area contributed by atoms with E-state index in [1.165, 1.54) is 0 Å². The highest BCUT2D eigenvalue weighted by Gasteiger charge is 2.15. The Morgan fingerprint density at radius 1 is 1.29 bits per heavy atom. The zero-order valence-corrected chi connectivity index (χ0v) is 15.2. The quantitative estimate of drug-likeness (QED) is 0.559. The van der Waals surface area contributed by atoms with E-state index in [0.29, 0.717) is 6.42 Å². The van der Waals surface area contributed by atoms with E-state index in [0.717, 1.165) is 21.5 Å². The first-order chi connectivity index (χ1) is 11.6. The number of ether oxygens (including phenoxy) is 1. The molecule has 1 atom stereocenters. The number of hydrogen-bond donors (Lipinski definition) is 2. The lowest BCUT2D eigenvalue weighted by Crippen LogP contribution is -2.36. The van der Waals surface area contributed by atoms with Gasteiger partial charge in [0.05, 0.1) is 13.3 Å². The summed E-state index contributed by atoms with van der Waals surface area (Å²) in [6, 6.07) is 14.8. The van der Waals surface area contributed by atoms with E-state index in [4.69, 9.17) is 4.74 Å². The Labute approximate surface area is 150 Å². The molecule has 0 aliphatic heterocycles. The molecule has 0 saturated heterocycles. The van der Waals surface area contributed by atoms with Crippen molar-refractivity contribution in [2.75, 3.05) is 12.4 Å². The predicted octanol–water partition coefficient (Wildman–Crippen LogP) is 3.80. The first-order valence-electron chi connectivity index (χ1n) is 7.61. The summed E-state index contributed by atoms with van der Waals surface area (Å²) in [5, 5.41) is 7.21. The SMILES string of the molecule is CC[C@H](Nc1ccc(Br)cc1)C(=O)N/N=C\c1cccc(OC)c1. The molecule has 2 aromatic carbocycles. The highest BCUT2D eigenvalue weighted by atomic mass is 79.9. The first kappa shape index (κ1) is 18.0. The molecule has 2 rings (SSSR count). The molecule has 2 aromatic rings. The van der Waals surface area contributed by atoms with Gasteiger partial charge in [0.2, 0.25) is 0 Å². The van der Waals surface area contributed by atoms with Crippen LogP contribution in [-0.2, 0) is 4.79 Å². The maximum absolute atomic E-state index is 12.2. The molecular weight excluding hydrogens is 370 g/mol. The van der Waals surface area contributed by atoms with Gasteiger partial charge in [0, 0.05) is 10.2 Å². The average molecular weight is 390 g/mol. The largest absolute Gasteiger partial charge is 0.497 e. The molecule has 0 aliphatic carbocycles. The van der Waals surface area contributed by atoms with E-state index < -0.39 is 0 Å². The molecule has 24 heavy (non-hydrogen) atoms. The third kappa shape index (κ3) is 5.38. The van der Waals surface area contributed by atoms with Gasteiger partial charge in [-0.15, -0.1) is 0 Å². The minimum absolute atomic E-state index is 0.181. The fraction of sp³-hybridized carbons (Fsp3) is 0.222. The van der Waals surface area contributed by atoms with E-state index in [2.05, 4.69) is 31.8 Å². The molecule has 0 unspecified atom stereocenters. The Bertz CT molecular complexity index is 702. The van der Waals surface area contributed by atoms with Crippen LogP contribution in [0.3, 0.4) is 0 Å². The minimum atomic E-state index is -0.353. The lowest BCUT2D eigenvalue weighted by Gasteiger charge is -2.16. The third-order valence-electron chi connectivity index (χ3n) is 3.39. The van der Waals surface area contributed by atoms with Gasteiger partial charge >= 0.3 is 0 Å². The topological polar surface area (TPSA) is 62.7 Å². The van der Waals surface area contributed by atoms with Crippen LogP contribution in [0.15, 0.2) is 58.1 Å². The normalized spacial score (nSPS) is 12.0. The molecular formula is C18H20BrN3O2. The molecule has 0 spiro atoms. The second kappa shape index (κ2) is 9.08. The van der Waals surface area contributed by atoms with Crippen molar-refractivity contribution in [3.8, 4) is 5.75 Å². The van der Waals surface area contributed by atoms with Crippen LogP contribution in [0.4, 0.5) is 5.69 Å². The number of rotatable bonds is 7. The van der Waals surface area contributed by atoms with Crippen LogP contribution in [-0.4, -0.2) is 25.3 Å². The zero-order chi connectivity index (χ0) is 17.4. The minimum Gasteiger partial charge on any atom is -0.497 e. The van der Waals surface area contributed by atoms with Gasteiger partial charge in [-0.3, -0.25) is 4.79 Å². The number of carbonyl (C=O) groups excluding carboxylic acids is 1. The lowest BCUT2D eigenvalue weighted by atomic mass is 10.2. The first-order valence-corrected chi connectivity index (χ1v) is 8.40. The van der Waals surface area contributed by atoms with Crippen molar-refractivity contribution < 1.29 is 9.53 Å². The van der Waals surface area contributed by atoms with Crippen molar-refractivity contribution in [1.29, 1.82) is 0 Å². The molecule has 0 radical (unpaired) electrons. The van der Waals surface area contributed by atoms with E-state index in [-0.39, 0.29) is 11.9 Å². The maximum Gasteiger partial charge on any atom is 0.262 e. The number of halogens is 1. The highest BCUT2D eigenvalue weighted by molar-refractivity contribution is 9.10. The summed E-state index contributed by atoms with van der Waals surface area (Å²) in [5.74, 6) is 0.563. The molecule has 0 heterocycles. The van der Waals surface area contributed by atoms with Crippen molar-refractivity contribution in [2.45, 2.75) is 19.4 Å². The maximum atomic E-state index is 12.2. The number of nitrogens with zero attached hydrogens (tertiary/aromatic N) is 1. The van der Waals surface area contributed by atoms with Crippen LogP contribution in [0.5, 0.6) is 5.75 Å². The molecule has 0 saturated carbocycles. The fourth-order valence-corrected chi connectivity index (χ4v) is 2.33. The van der Waals surface area contributed by atoms with E-state index >= 15 is 0 Å². The van der Waals surface area contributed by atoms with Crippen molar-refractivity contribution >= 4 is 33.7 Å². The predicted molar refractivity (Wildman–Crippen MR) is 101 cm³/mol. The Hall–Kier alpha value is -2.34. The van der Waals surface area contributed by atoms with Gasteiger partial charge in [-0.1, -0.05) is 35.0 Å². The average Bonchev–Trinajstić information content (AvgIpc) is 2.61. The van der Waals surface area contributed by atoms with Gasteiger partial charge in [0.15, 0.2) is 0 Å². The Morgan fingerprint density at radius 2 is 2.04 bits per heavy atom. The Kier molecular flexibility index (Phi) is 6.81. The van der Waals surface area contributed by atoms with Gasteiger partial charge in [0.25, 0.3) is 5.91 Å². The smallest absolute Gasteiger partial charge is 0.262 e. The number of anilines is 1. The van der Waals surface area contributed by atoms with Crippen molar-refractivity contribution in [3.05, 3.63) is 58.6 Å². The van der Waals surface area contributed by atoms with Gasteiger partial charge in [0.1, 0.15) is 11.8 Å². The summed E-state index contributed by atoms with van der Waals surface area (Å²) in [6.45, 7) is 1.95. The molecule has 1 amide bonds. The number of amides is 1. The van der Waals surface area contributed by atoms with Crippen LogP contribution in [0, 0.1) is 0 Å². The van der Waals surface area contributed by atoms with Gasteiger partial charge < -0.3 is 10.1 Å². The molecule has 0 bridgehead atoms. The van der Waals surface area contributed by atoms with E-state index in [1.54, 1.807) is 13.3 Å². The number of benzene rings is 2. The van der Waals surface area contributed by atoms with Crippen molar-refractivity contribution in [1.82, 2.24) is 5.43 Å². The summed E-state index contributed by atoms with van der Waals surface area (Å²) < 4.78 is 6.14. The molecule has 0 aliphatic rings. The van der Waals surface area contributed by atoms with E-state index in [1.807, 2.05) is 55.5 Å². The summed E-state index contributed by atoms with van der Waals surface area (Å²) in [6.07, 6.45) is 2.24. The van der Waals surface area contributed by atoms with Crippen LogP contribution < -0.4 is 15.5 Å². The Morgan fingerprint density at radius 3 is 2.71 bits per heavy atom. The lowest BCUT2D eigenvalue weighted by molar-refractivity contribution is -0.121. The molecule has 126 valence electrons. The molecule has 0 aromatic heterocycles. The standard InChI is InChI=1S/C18H20BrN3O2/c1-3-17(21-15-9-7-14(19)8-10-15)18(23)22-20-12-13-5-4-6-16(11-13)24-2/h4-12,17,21H,3H2,1-2H3,(H,22,23)/b20-12-/t17-/m0/s1. The zero-order valence-electron chi connectivity index (χ0n) is 13.6. The number of nitrogens with one attached hydrogen (secondary N) is 2. The fourth-order valence-electron chi connectivity index (χ4n) is 2.07. The van der Waals surface area contributed by atoms with Crippen molar-refractivity contribution in [2.24, 2.45) is 5.10 Å². The van der Waals surface area contributed by atoms with E-state index in [9.17, 15) is 4.79 Å². The highest BCUT2D eigenvalue weighted by Crippen LogP contribution is 2.15. The van der Waals surface area contributed by atoms with Gasteiger partial charge in [-0.25, -0.2) is 5.43 Å². The van der Waals surface area contributed by atoms with Crippen LogP contribution in [0.1, 0.15) is 18.9 Å². The second-order valence-electron chi connectivity index (χ2n) is 5.12. The van der Waals surface area contributed by atoms with Crippen LogP contribution in [0.2, 0.25) is 0 Å². The molecule has 6 heteroatoms. The number of methoxy groups -OCH3 is 1. The van der Waals surface area contributed by atoms with Gasteiger partial charge in [-0.05, 0) is 48.4 Å². The summed E-state index contributed by atoms with van der Waals surface area (Å²) >= 11 is 3.39. The van der Waals surface area contributed by atoms with Crippen molar-refractivity contribution in [3.63, 3.8) is 0 Å². The van der Waals surface area contributed by atoms with Crippen LogP contribution in [0.25, 0.3) is 0 Å². The summed E-state index contributed by atoms with van der Waals surface area (Å²) in [5.41, 5.74) is 4.31. The monoisotopic (exact) mass is 389 g/mol. The summed E-state index contributed by atoms with van der Waals surface area (Å²) in [7, 11) is 1.61.